The summed E-state index contributed by atoms with van der Waals surface area (Å²) < 4.78 is 39.0. The van der Waals surface area contributed by atoms with Gasteiger partial charge >= 0.3 is 12.1 Å². The van der Waals surface area contributed by atoms with E-state index >= 15 is 4.39 Å². The fourth-order valence-corrected chi connectivity index (χ4v) is 5.75. The number of fused-ring (bicyclic) bond motifs is 2. The third-order valence-corrected chi connectivity index (χ3v) is 7.93. The lowest BCUT2D eigenvalue weighted by Crippen LogP contribution is -2.52. The summed E-state index contributed by atoms with van der Waals surface area (Å²) in [6.45, 7) is 6.72. The van der Waals surface area contributed by atoms with Gasteiger partial charge in [-0.25, -0.2) is 19.8 Å². The van der Waals surface area contributed by atoms with E-state index < -0.39 is 47.3 Å². The molecule has 0 bridgehead atoms. The maximum atomic E-state index is 15.2. The van der Waals surface area contributed by atoms with Crippen molar-refractivity contribution in [3.8, 4) is 17.6 Å². The predicted octanol–water partition coefficient (Wildman–Crippen LogP) is 4.47. The molecule has 2 aliphatic rings. The van der Waals surface area contributed by atoms with Gasteiger partial charge in [0.1, 0.15) is 23.1 Å². The standard InChI is InChI=1S/C29H32ClFN4O8/c1-15(42-21-6-5-16(26(37)38)11-17(21)13-32)7-9-29(4)35-18(14-41-29)8-10-40-24-20(31)12-19(25(36)34-33)23(30)22(24)28(2,3)43-27(35)39/h5-6,11-12,15,18H,7-10,14,33H2,1-4H3,(H,34,36)(H,37,38)/t15?,18-,29?/m1/s1. The number of aromatic carboxylic acids is 1. The summed E-state index contributed by atoms with van der Waals surface area (Å²) in [7, 11) is 0. The number of carboxylic acid groups (broad SMARTS) is 1. The van der Waals surface area contributed by atoms with Crippen molar-refractivity contribution >= 4 is 29.6 Å². The number of benzene rings is 2. The summed E-state index contributed by atoms with van der Waals surface area (Å²) in [5.41, 5.74) is -0.972. The first-order valence-electron chi connectivity index (χ1n) is 13.5. The number of halogens is 2. The largest absolute Gasteiger partial charge is 0.490 e. The molecule has 0 aromatic heterocycles. The zero-order valence-electron chi connectivity index (χ0n) is 24.0. The van der Waals surface area contributed by atoms with E-state index in [9.17, 15) is 24.8 Å². The number of nitrogens with zero attached hydrogens (tertiary/aromatic N) is 2. The lowest BCUT2D eigenvalue weighted by Gasteiger charge is -2.40. The first-order valence-corrected chi connectivity index (χ1v) is 13.9. The molecule has 2 unspecified atom stereocenters. The molecule has 4 N–H and O–H groups in total. The number of nitrogens with one attached hydrogen (secondary N) is 1. The minimum atomic E-state index is -1.55. The molecule has 2 aliphatic heterocycles. The SMILES string of the molecule is CC(CCC1(C)OC[C@H]2CCOc3c(F)cc(C(=O)NN)c(Cl)c3C(C)(C)OC(=O)N21)Oc1ccc(C(=O)O)cc1C#N. The monoisotopic (exact) mass is 618 g/mol. The average Bonchev–Trinajstić information content (AvgIpc) is 3.28. The number of nitriles is 1. The van der Waals surface area contributed by atoms with Crippen molar-refractivity contribution in [2.45, 2.75) is 70.4 Å². The van der Waals surface area contributed by atoms with E-state index in [0.717, 1.165) is 6.07 Å². The van der Waals surface area contributed by atoms with Crippen LogP contribution < -0.4 is 20.7 Å². The van der Waals surface area contributed by atoms with Gasteiger partial charge in [0.05, 0.1) is 52.6 Å². The summed E-state index contributed by atoms with van der Waals surface area (Å²) in [6.07, 6.45) is -0.212. The van der Waals surface area contributed by atoms with Gasteiger partial charge in [0, 0.05) is 6.42 Å². The Morgan fingerprint density at radius 2 is 2.07 bits per heavy atom. The predicted molar refractivity (Wildman–Crippen MR) is 150 cm³/mol. The molecule has 3 atom stereocenters. The number of hydrogen-bond acceptors (Lipinski definition) is 9. The molecule has 2 aromatic carbocycles. The average molecular weight is 619 g/mol. The van der Waals surface area contributed by atoms with Crippen LogP contribution in [0.3, 0.4) is 0 Å². The van der Waals surface area contributed by atoms with Crippen molar-refractivity contribution in [3.05, 3.63) is 57.4 Å². The summed E-state index contributed by atoms with van der Waals surface area (Å²) in [6, 6.07) is 6.43. The minimum absolute atomic E-state index is 0.00936. The molecule has 43 heavy (non-hydrogen) atoms. The van der Waals surface area contributed by atoms with Crippen LogP contribution in [0.4, 0.5) is 9.18 Å². The van der Waals surface area contributed by atoms with Crippen LogP contribution in [0.25, 0.3) is 0 Å². The maximum absolute atomic E-state index is 15.2. The Bertz CT molecular complexity index is 1500. The topological polar surface area (TPSA) is 173 Å². The molecule has 1 saturated heterocycles. The van der Waals surface area contributed by atoms with E-state index in [0.29, 0.717) is 12.8 Å². The number of amides is 2. The van der Waals surface area contributed by atoms with Crippen LogP contribution in [0.1, 0.15) is 78.8 Å². The van der Waals surface area contributed by atoms with Crippen LogP contribution >= 0.6 is 11.6 Å². The minimum Gasteiger partial charge on any atom is -0.490 e. The van der Waals surface area contributed by atoms with E-state index in [1.54, 1.807) is 13.8 Å². The number of hydrogen-bond donors (Lipinski definition) is 3. The molecule has 12 nitrogen and oxygen atoms in total. The van der Waals surface area contributed by atoms with E-state index in [2.05, 4.69) is 0 Å². The van der Waals surface area contributed by atoms with Gasteiger partial charge in [-0.15, -0.1) is 0 Å². The molecule has 4 rings (SSSR count). The quantitative estimate of drug-likeness (QED) is 0.228. The second-order valence-corrected chi connectivity index (χ2v) is 11.4. The van der Waals surface area contributed by atoms with Gasteiger partial charge in [-0.3, -0.25) is 15.1 Å². The lowest BCUT2D eigenvalue weighted by atomic mass is 9.93. The number of ether oxygens (including phenoxy) is 4. The smallest absolute Gasteiger partial charge is 0.413 e. The first-order chi connectivity index (χ1) is 20.2. The summed E-state index contributed by atoms with van der Waals surface area (Å²) in [4.78, 5) is 38.8. The van der Waals surface area contributed by atoms with Crippen LogP contribution in [-0.2, 0) is 15.1 Å². The number of cyclic esters (lactones) is 1. The highest BCUT2D eigenvalue weighted by Gasteiger charge is 2.50. The molecule has 2 aromatic rings. The molecule has 0 radical (unpaired) electrons. The lowest BCUT2D eigenvalue weighted by molar-refractivity contribution is -0.0883. The molecule has 230 valence electrons. The number of hydrazine groups is 1. The second kappa shape index (κ2) is 12.2. The highest BCUT2D eigenvalue weighted by atomic mass is 35.5. The number of carbonyl (C=O) groups excluding carboxylic acids is 2. The Balaban J connectivity index is 1.56. The van der Waals surface area contributed by atoms with E-state index in [1.165, 1.54) is 36.9 Å². The van der Waals surface area contributed by atoms with E-state index in [4.69, 9.17) is 36.4 Å². The van der Waals surface area contributed by atoms with Crippen molar-refractivity contribution in [2.24, 2.45) is 5.84 Å². The molecule has 2 amide bonds. The third-order valence-electron chi connectivity index (χ3n) is 7.54. The maximum Gasteiger partial charge on any atom is 0.413 e. The van der Waals surface area contributed by atoms with Crippen LogP contribution in [-0.4, -0.2) is 59.1 Å². The molecule has 0 saturated carbocycles. The van der Waals surface area contributed by atoms with Crippen LogP contribution in [0.15, 0.2) is 24.3 Å². The van der Waals surface area contributed by atoms with Crippen molar-refractivity contribution < 1.29 is 42.8 Å². The number of nitrogens with two attached hydrogens (primary N) is 1. The first kappa shape index (κ1) is 31.8. The van der Waals surface area contributed by atoms with Gasteiger partial charge < -0.3 is 24.1 Å². The highest BCUT2D eigenvalue weighted by molar-refractivity contribution is 6.35. The second-order valence-electron chi connectivity index (χ2n) is 11.0. The Kier molecular flexibility index (Phi) is 9.05. The van der Waals surface area contributed by atoms with Crippen LogP contribution in [0, 0.1) is 17.1 Å². The van der Waals surface area contributed by atoms with Gasteiger partial charge in [0.2, 0.25) is 0 Å². The molecule has 1 fully saturated rings. The summed E-state index contributed by atoms with van der Waals surface area (Å²) in [5.74, 6) is 2.39. The fraction of sp³-hybridized carbons (Fsp3) is 0.448. The normalized spacial score (nSPS) is 21.8. The Morgan fingerprint density at radius 1 is 1.35 bits per heavy atom. The van der Waals surface area contributed by atoms with Crippen molar-refractivity contribution in [2.75, 3.05) is 13.2 Å². The van der Waals surface area contributed by atoms with Crippen molar-refractivity contribution in [1.29, 1.82) is 5.26 Å². The number of carboxylic acids is 1. The van der Waals surface area contributed by atoms with E-state index in [1.807, 2.05) is 11.5 Å². The third kappa shape index (κ3) is 6.31. The Morgan fingerprint density at radius 3 is 2.72 bits per heavy atom. The summed E-state index contributed by atoms with van der Waals surface area (Å²) in [5, 5.41) is 18.5. The summed E-state index contributed by atoms with van der Waals surface area (Å²) >= 11 is 6.53. The van der Waals surface area contributed by atoms with Crippen molar-refractivity contribution in [1.82, 2.24) is 10.3 Å². The molecular formula is C29H32ClFN4O8. The van der Waals surface area contributed by atoms with Gasteiger partial charge in [0.15, 0.2) is 11.6 Å². The van der Waals surface area contributed by atoms with Gasteiger partial charge in [-0.2, -0.15) is 5.26 Å². The number of carbonyl (C=O) groups is 3. The molecule has 0 aliphatic carbocycles. The molecule has 0 spiro atoms. The van der Waals surface area contributed by atoms with E-state index in [-0.39, 0.29) is 58.4 Å². The fourth-order valence-electron chi connectivity index (χ4n) is 5.30. The molecule has 2 heterocycles. The van der Waals surface area contributed by atoms with Gasteiger partial charge in [-0.05, 0) is 64.8 Å². The van der Waals surface area contributed by atoms with Gasteiger partial charge in [-0.1, -0.05) is 11.6 Å². The van der Waals surface area contributed by atoms with Crippen LogP contribution in [0.2, 0.25) is 5.02 Å². The Hall–Kier alpha value is -4.12. The number of nitrogen functional groups attached to an aromatic ring is 1. The molecule has 14 heteroatoms. The highest BCUT2D eigenvalue weighted by Crippen LogP contribution is 2.44. The van der Waals surface area contributed by atoms with Gasteiger partial charge in [0.25, 0.3) is 5.91 Å². The van der Waals surface area contributed by atoms with Crippen LogP contribution in [0.5, 0.6) is 11.5 Å². The number of rotatable bonds is 7. The zero-order chi connectivity index (χ0) is 31.7. The Labute approximate surface area is 252 Å². The zero-order valence-corrected chi connectivity index (χ0v) is 24.8. The molecular weight excluding hydrogens is 587 g/mol. The van der Waals surface area contributed by atoms with Crippen molar-refractivity contribution in [3.63, 3.8) is 0 Å².